The highest BCUT2D eigenvalue weighted by molar-refractivity contribution is 5.96. The summed E-state index contributed by atoms with van der Waals surface area (Å²) in [5.74, 6) is 0.961. The van der Waals surface area contributed by atoms with E-state index in [1.54, 1.807) is 12.1 Å². The van der Waals surface area contributed by atoms with Crippen molar-refractivity contribution in [3.8, 4) is 0 Å². The van der Waals surface area contributed by atoms with Crippen LogP contribution in [0.4, 0.5) is 11.4 Å². The van der Waals surface area contributed by atoms with Crippen molar-refractivity contribution in [1.29, 1.82) is 0 Å². The number of hydrogen-bond donors (Lipinski definition) is 1. The Hall–Kier alpha value is -2.37. The van der Waals surface area contributed by atoms with Crippen molar-refractivity contribution in [1.82, 2.24) is 0 Å². The van der Waals surface area contributed by atoms with Crippen LogP contribution >= 0.6 is 0 Å². The zero-order valence-corrected chi connectivity index (χ0v) is 11.3. The van der Waals surface area contributed by atoms with Crippen LogP contribution in [0, 0.1) is 10.1 Å². The van der Waals surface area contributed by atoms with Gasteiger partial charge >= 0.3 is 0 Å². The Morgan fingerprint density at radius 1 is 1.35 bits per heavy atom. The van der Waals surface area contributed by atoms with Crippen molar-refractivity contribution in [2.75, 3.05) is 12.0 Å². The van der Waals surface area contributed by atoms with Gasteiger partial charge in [0.15, 0.2) is 0 Å². The Labute approximate surface area is 117 Å². The van der Waals surface area contributed by atoms with Crippen molar-refractivity contribution in [2.45, 2.75) is 26.2 Å². The molecule has 0 fully saturated rings. The summed E-state index contributed by atoms with van der Waals surface area (Å²) in [6.07, 6.45) is 4.82. The average molecular weight is 275 g/mol. The molecule has 1 N–H and O–H groups in total. The molecule has 0 aromatic heterocycles. The third-order valence-electron chi connectivity index (χ3n) is 2.92. The van der Waals surface area contributed by atoms with Gasteiger partial charge in [-0.3, -0.25) is 15.5 Å². The van der Waals surface area contributed by atoms with E-state index < -0.39 is 4.92 Å². The third kappa shape index (κ3) is 3.81. The summed E-state index contributed by atoms with van der Waals surface area (Å²) in [4.78, 5) is 10.1. The van der Waals surface area contributed by atoms with Crippen LogP contribution < -0.4 is 5.43 Å². The molecule has 6 heteroatoms. The largest absolute Gasteiger partial charge is 0.498 e. The normalized spacial score (nSPS) is 16.6. The summed E-state index contributed by atoms with van der Waals surface area (Å²) in [7, 11) is 0. The molecule has 0 heterocycles. The highest BCUT2D eigenvalue weighted by Crippen LogP contribution is 2.18. The second-order valence-corrected chi connectivity index (χ2v) is 4.42. The summed E-state index contributed by atoms with van der Waals surface area (Å²) in [5, 5.41) is 14.9. The van der Waals surface area contributed by atoms with Gasteiger partial charge in [0.05, 0.1) is 28.7 Å². The number of ether oxygens (including phenoxy) is 1. The topological polar surface area (TPSA) is 76.8 Å². The van der Waals surface area contributed by atoms with Crippen LogP contribution in [0.15, 0.2) is 41.2 Å². The molecule has 0 saturated carbocycles. The van der Waals surface area contributed by atoms with E-state index in [1.165, 1.54) is 12.1 Å². The van der Waals surface area contributed by atoms with Crippen LogP contribution in [-0.2, 0) is 4.74 Å². The summed E-state index contributed by atoms with van der Waals surface area (Å²) in [6, 6.07) is 6.17. The smallest absolute Gasteiger partial charge is 0.269 e. The molecule has 6 nitrogen and oxygen atoms in total. The second-order valence-electron chi connectivity index (χ2n) is 4.42. The van der Waals surface area contributed by atoms with Crippen molar-refractivity contribution in [3.05, 3.63) is 46.2 Å². The molecule has 1 aromatic rings. The van der Waals surface area contributed by atoms with E-state index in [0.717, 1.165) is 36.4 Å². The first-order chi connectivity index (χ1) is 9.69. The van der Waals surface area contributed by atoms with Crippen LogP contribution in [0.2, 0.25) is 0 Å². The lowest BCUT2D eigenvalue weighted by atomic mass is 10.0. The lowest BCUT2D eigenvalue weighted by Gasteiger charge is -2.14. The number of rotatable bonds is 5. The van der Waals surface area contributed by atoms with Crippen molar-refractivity contribution < 1.29 is 9.66 Å². The fraction of sp³-hybridized carbons (Fsp3) is 0.357. The summed E-state index contributed by atoms with van der Waals surface area (Å²) in [6.45, 7) is 2.62. The van der Waals surface area contributed by atoms with Gasteiger partial charge in [0.1, 0.15) is 0 Å². The Bertz CT molecular complexity index is 535. The van der Waals surface area contributed by atoms with Gasteiger partial charge in [-0.1, -0.05) is 0 Å². The molecule has 0 bridgehead atoms. The molecular formula is C14H17N3O3. The van der Waals surface area contributed by atoms with E-state index in [1.807, 2.05) is 13.0 Å². The highest BCUT2D eigenvalue weighted by Gasteiger charge is 2.09. The Kier molecular flexibility index (Phi) is 4.70. The zero-order valence-electron chi connectivity index (χ0n) is 11.3. The summed E-state index contributed by atoms with van der Waals surface area (Å²) in [5.41, 5.74) is 4.63. The molecule has 2 rings (SSSR count). The van der Waals surface area contributed by atoms with Crippen LogP contribution in [0.25, 0.3) is 0 Å². The molecule has 0 unspecified atom stereocenters. The molecule has 1 aromatic carbocycles. The number of nitro benzene ring substituents is 1. The minimum atomic E-state index is -0.423. The van der Waals surface area contributed by atoms with Crippen LogP contribution in [0.3, 0.4) is 0 Å². The van der Waals surface area contributed by atoms with Crippen molar-refractivity contribution in [3.63, 3.8) is 0 Å². The maximum atomic E-state index is 10.6. The number of nitro groups is 1. The molecular weight excluding hydrogens is 258 g/mol. The van der Waals surface area contributed by atoms with E-state index in [4.69, 9.17) is 4.74 Å². The van der Waals surface area contributed by atoms with Gasteiger partial charge in [-0.25, -0.2) is 0 Å². The first-order valence-electron chi connectivity index (χ1n) is 6.59. The number of allylic oxidation sites excluding steroid dienone is 2. The molecule has 0 spiro atoms. The Morgan fingerprint density at radius 3 is 2.75 bits per heavy atom. The fourth-order valence-electron chi connectivity index (χ4n) is 1.96. The molecule has 20 heavy (non-hydrogen) atoms. The van der Waals surface area contributed by atoms with Gasteiger partial charge in [0.25, 0.3) is 5.69 Å². The van der Waals surface area contributed by atoms with E-state index >= 15 is 0 Å². The van der Waals surface area contributed by atoms with E-state index in [0.29, 0.717) is 6.61 Å². The number of anilines is 1. The summed E-state index contributed by atoms with van der Waals surface area (Å²) < 4.78 is 5.48. The lowest BCUT2D eigenvalue weighted by Crippen LogP contribution is -2.08. The van der Waals surface area contributed by atoms with E-state index in [9.17, 15) is 10.1 Å². The van der Waals surface area contributed by atoms with Crippen LogP contribution in [0.1, 0.15) is 26.2 Å². The molecule has 0 amide bonds. The SMILES string of the molecule is CCOC1=CC(=NNc2ccc([N+](=O)[O-])cc2)CCC1. The first kappa shape index (κ1) is 14.0. The molecule has 0 saturated heterocycles. The molecule has 1 aliphatic rings. The number of nitrogens with one attached hydrogen (secondary N) is 1. The molecule has 0 aliphatic heterocycles. The third-order valence-corrected chi connectivity index (χ3v) is 2.92. The minimum absolute atomic E-state index is 0.0689. The highest BCUT2D eigenvalue weighted by atomic mass is 16.6. The van der Waals surface area contributed by atoms with Crippen LogP contribution in [-0.4, -0.2) is 17.2 Å². The predicted octanol–water partition coefficient (Wildman–Crippen LogP) is 3.47. The minimum Gasteiger partial charge on any atom is -0.498 e. The van der Waals surface area contributed by atoms with E-state index in [2.05, 4.69) is 10.5 Å². The number of hydrogen-bond acceptors (Lipinski definition) is 5. The standard InChI is InChI=1S/C14H17N3O3/c1-2-20-14-5-3-4-12(10-14)16-15-11-6-8-13(9-7-11)17(18)19/h6-10,15H,2-5H2,1H3. The molecule has 0 radical (unpaired) electrons. The number of benzene rings is 1. The maximum absolute atomic E-state index is 10.6. The van der Waals surface area contributed by atoms with Gasteiger partial charge in [-0.15, -0.1) is 0 Å². The second kappa shape index (κ2) is 6.70. The van der Waals surface area contributed by atoms with Gasteiger partial charge in [-0.2, -0.15) is 5.10 Å². The lowest BCUT2D eigenvalue weighted by molar-refractivity contribution is -0.384. The van der Waals surface area contributed by atoms with Crippen molar-refractivity contribution in [2.24, 2.45) is 5.10 Å². The monoisotopic (exact) mass is 275 g/mol. The molecule has 1 aliphatic carbocycles. The number of nitrogens with zero attached hydrogens (tertiary/aromatic N) is 2. The Morgan fingerprint density at radius 2 is 2.10 bits per heavy atom. The molecule has 106 valence electrons. The maximum Gasteiger partial charge on any atom is 0.269 e. The average Bonchev–Trinajstić information content (AvgIpc) is 2.46. The van der Waals surface area contributed by atoms with E-state index in [-0.39, 0.29) is 5.69 Å². The quantitative estimate of drug-likeness (QED) is 0.659. The Balaban J connectivity index is 2.01. The molecule has 0 atom stereocenters. The number of non-ortho nitro benzene ring substituents is 1. The van der Waals surface area contributed by atoms with Crippen LogP contribution in [0.5, 0.6) is 0 Å². The first-order valence-corrected chi connectivity index (χ1v) is 6.59. The number of hydrazone groups is 1. The van der Waals surface area contributed by atoms with Gasteiger partial charge < -0.3 is 4.74 Å². The van der Waals surface area contributed by atoms with Gasteiger partial charge in [0.2, 0.25) is 0 Å². The van der Waals surface area contributed by atoms with Gasteiger partial charge in [-0.05, 0) is 38.0 Å². The fourth-order valence-corrected chi connectivity index (χ4v) is 1.96. The van der Waals surface area contributed by atoms with Crippen molar-refractivity contribution >= 4 is 17.1 Å². The predicted molar refractivity (Wildman–Crippen MR) is 77.7 cm³/mol. The summed E-state index contributed by atoms with van der Waals surface area (Å²) >= 11 is 0. The zero-order chi connectivity index (χ0) is 14.4. The van der Waals surface area contributed by atoms with Gasteiger partial charge in [0, 0.05) is 18.6 Å².